The number of nitrogens with one attached hydrogen (secondary N) is 1. The molecule has 0 spiro atoms. The van der Waals surface area contributed by atoms with Gasteiger partial charge < -0.3 is 9.72 Å². The molecular weight excluding hydrogens is 308 g/mol. The highest BCUT2D eigenvalue weighted by Gasteiger charge is 2.20. The minimum absolute atomic E-state index is 0.153. The average molecular weight is 330 g/mol. The highest BCUT2D eigenvalue weighted by atomic mass is 16.7. The molecule has 0 unspecified atom stereocenters. The Kier molecular flexibility index (Phi) is 5.76. The van der Waals surface area contributed by atoms with Crippen LogP contribution in [0.4, 0.5) is 0 Å². The molecular formula is C18H22N2O4. The van der Waals surface area contributed by atoms with Gasteiger partial charge in [-0.3, -0.25) is 9.63 Å². The van der Waals surface area contributed by atoms with Gasteiger partial charge >= 0.3 is 5.97 Å². The summed E-state index contributed by atoms with van der Waals surface area (Å²) in [4.78, 5) is 31.8. The lowest BCUT2D eigenvalue weighted by atomic mass is 10.2. The molecule has 1 N–H and O–H groups in total. The van der Waals surface area contributed by atoms with Gasteiger partial charge in [-0.2, -0.15) is 0 Å². The standard InChI is InChI=1S/C18H22N2O4/c1-18(2,3)24-20(13-21)11-15-9-10-19-16(15)17(22)23-12-14-7-5-4-6-8-14/h4-10,13,19H,11-12H2,1-3H3. The van der Waals surface area contributed by atoms with E-state index in [1.807, 2.05) is 51.1 Å². The Morgan fingerprint density at radius 3 is 2.54 bits per heavy atom. The van der Waals surface area contributed by atoms with E-state index >= 15 is 0 Å². The number of benzene rings is 1. The summed E-state index contributed by atoms with van der Waals surface area (Å²) in [5.74, 6) is -0.472. The molecule has 2 rings (SSSR count). The molecule has 0 fully saturated rings. The lowest BCUT2D eigenvalue weighted by Crippen LogP contribution is -2.33. The van der Waals surface area contributed by atoms with E-state index in [-0.39, 0.29) is 13.2 Å². The number of H-pyrrole nitrogens is 1. The molecule has 0 aliphatic rings. The zero-order chi connectivity index (χ0) is 17.6. The van der Waals surface area contributed by atoms with E-state index in [0.717, 1.165) is 10.6 Å². The monoisotopic (exact) mass is 330 g/mol. The minimum atomic E-state index is -0.509. The van der Waals surface area contributed by atoms with E-state index in [2.05, 4.69) is 4.98 Å². The summed E-state index contributed by atoms with van der Waals surface area (Å²) in [5.41, 5.74) is 1.34. The second-order valence-electron chi connectivity index (χ2n) is 6.32. The quantitative estimate of drug-likeness (QED) is 0.481. The van der Waals surface area contributed by atoms with Crippen molar-refractivity contribution in [2.75, 3.05) is 0 Å². The Bertz CT molecular complexity index is 674. The van der Waals surface area contributed by atoms with Crippen molar-refractivity contribution in [3.05, 3.63) is 59.4 Å². The van der Waals surface area contributed by atoms with E-state index < -0.39 is 11.6 Å². The number of ether oxygens (including phenoxy) is 1. The van der Waals surface area contributed by atoms with Gasteiger partial charge in [0.05, 0.1) is 12.1 Å². The van der Waals surface area contributed by atoms with E-state index in [9.17, 15) is 9.59 Å². The zero-order valence-corrected chi connectivity index (χ0v) is 14.1. The van der Waals surface area contributed by atoms with Crippen molar-refractivity contribution in [1.82, 2.24) is 10.0 Å². The highest BCUT2D eigenvalue weighted by Crippen LogP contribution is 2.16. The number of nitrogens with zero attached hydrogens (tertiary/aromatic N) is 1. The molecule has 1 aromatic heterocycles. The molecule has 0 radical (unpaired) electrons. The summed E-state index contributed by atoms with van der Waals surface area (Å²) in [6.07, 6.45) is 2.23. The molecule has 6 nitrogen and oxygen atoms in total. The van der Waals surface area contributed by atoms with Gasteiger partial charge in [0.15, 0.2) is 0 Å². The number of hydrogen-bond acceptors (Lipinski definition) is 4. The number of carbonyl (C=O) groups excluding carboxylic acids is 2. The smallest absolute Gasteiger partial charge is 0.355 e. The predicted molar refractivity (Wildman–Crippen MR) is 88.8 cm³/mol. The second-order valence-corrected chi connectivity index (χ2v) is 6.32. The van der Waals surface area contributed by atoms with Crippen molar-refractivity contribution in [3.63, 3.8) is 0 Å². The molecule has 2 aromatic rings. The van der Waals surface area contributed by atoms with Crippen LogP contribution in [0.1, 0.15) is 42.4 Å². The third-order valence-corrected chi connectivity index (χ3v) is 3.09. The number of esters is 1. The van der Waals surface area contributed by atoms with E-state index in [1.54, 1.807) is 12.3 Å². The normalized spacial score (nSPS) is 11.1. The first-order chi connectivity index (χ1) is 11.4. The highest BCUT2D eigenvalue weighted by molar-refractivity contribution is 5.89. The maximum atomic E-state index is 12.3. The van der Waals surface area contributed by atoms with Crippen LogP contribution >= 0.6 is 0 Å². The molecule has 1 amide bonds. The molecule has 128 valence electrons. The predicted octanol–water partition coefficient (Wildman–Crippen LogP) is 3.06. The van der Waals surface area contributed by atoms with Crippen LogP contribution in [0, 0.1) is 0 Å². The maximum absolute atomic E-state index is 12.3. The first kappa shape index (κ1) is 17.7. The molecule has 0 bridgehead atoms. The third kappa shape index (κ3) is 5.24. The van der Waals surface area contributed by atoms with Gasteiger partial charge in [-0.05, 0) is 32.4 Å². The minimum Gasteiger partial charge on any atom is -0.456 e. The fourth-order valence-electron chi connectivity index (χ4n) is 2.13. The van der Waals surface area contributed by atoms with Crippen molar-refractivity contribution in [3.8, 4) is 0 Å². The van der Waals surface area contributed by atoms with Crippen molar-refractivity contribution in [1.29, 1.82) is 0 Å². The molecule has 0 saturated carbocycles. The Labute approximate surface area is 141 Å². The average Bonchev–Trinajstić information content (AvgIpc) is 3.00. The number of amides is 1. The topological polar surface area (TPSA) is 71.6 Å². The van der Waals surface area contributed by atoms with Crippen LogP contribution in [0.5, 0.6) is 0 Å². The van der Waals surface area contributed by atoms with Crippen LogP contribution < -0.4 is 0 Å². The Hall–Kier alpha value is -2.60. The fraction of sp³-hybridized carbons (Fsp3) is 0.333. The summed E-state index contributed by atoms with van der Waals surface area (Å²) in [7, 11) is 0. The van der Waals surface area contributed by atoms with Crippen molar-refractivity contribution in [2.45, 2.75) is 39.5 Å². The Balaban J connectivity index is 2.00. The largest absolute Gasteiger partial charge is 0.456 e. The fourth-order valence-corrected chi connectivity index (χ4v) is 2.13. The first-order valence-electron chi connectivity index (χ1n) is 7.67. The summed E-state index contributed by atoms with van der Waals surface area (Å²) < 4.78 is 5.31. The molecule has 1 aromatic carbocycles. The van der Waals surface area contributed by atoms with Gasteiger partial charge in [0.1, 0.15) is 12.3 Å². The van der Waals surface area contributed by atoms with E-state index in [1.165, 1.54) is 0 Å². The zero-order valence-electron chi connectivity index (χ0n) is 14.1. The van der Waals surface area contributed by atoms with Gasteiger partial charge in [0.25, 0.3) is 0 Å². The van der Waals surface area contributed by atoms with Crippen LogP contribution in [-0.2, 0) is 27.5 Å². The Morgan fingerprint density at radius 1 is 1.21 bits per heavy atom. The Morgan fingerprint density at radius 2 is 1.92 bits per heavy atom. The van der Waals surface area contributed by atoms with E-state index in [0.29, 0.717) is 17.7 Å². The number of carbonyl (C=O) groups is 2. The molecule has 0 saturated heterocycles. The summed E-state index contributed by atoms with van der Waals surface area (Å²) in [6, 6.07) is 11.2. The summed E-state index contributed by atoms with van der Waals surface area (Å²) in [5, 5.41) is 1.16. The van der Waals surface area contributed by atoms with Crippen molar-refractivity contribution >= 4 is 12.4 Å². The van der Waals surface area contributed by atoms with Crippen LogP contribution in [-0.4, -0.2) is 28.0 Å². The molecule has 24 heavy (non-hydrogen) atoms. The summed E-state index contributed by atoms with van der Waals surface area (Å²) in [6.45, 7) is 5.87. The van der Waals surface area contributed by atoms with Gasteiger partial charge in [-0.25, -0.2) is 9.86 Å². The van der Waals surface area contributed by atoms with Crippen molar-refractivity contribution in [2.24, 2.45) is 0 Å². The molecule has 0 atom stereocenters. The number of rotatable bonds is 7. The van der Waals surface area contributed by atoms with Gasteiger partial charge in [0, 0.05) is 11.8 Å². The lowest BCUT2D eigenvalue weighted by Gasteiger charge is -2.26. The van der Waals surface area contributed by atoms with Gasteiger partial charge in [-0.1, -0.05) is 30.3 Å². The summed E-state index contributed by atoms with van der Waals surface area (Å²) >= 11 is 0. The molecule has 0 aliphatic carbocycles. The number of hydroxylamine groups is 2. The van der Waals surface area contributed by atoms with Crippen molar-refractivity contribution < 1.29 is 19.2 Å². The SMILES string of the molecule is CC(C)(C)ON(C=O)Cc1cc[nH]c1C(=O)OCc1ccccc1. The molecule has 1 heterocycles. The van der Waals surface area contributed by atoms with Crippen LogP contribution in [0.2, 0.25) is 0 Å². The van der Waals surface area contributed by atoms with Crippen LogP contribution in [0.3, 0.4) is 0 Å². The van der Waals surface area contributed by atoms with Crippen LogP contribution in [0.15, 0.2) is 42.6 Å². The first-order valence-corrected chi connectivity index (χ1v) is 7.67. The molecule has 0 aliphatic heterocycles. The second kappa shape index (κ2) is 7.79. The third-order valence-electron chi connectivity index (χ3n) is 3.09. The number of hydrogen-bond donors (Lipinski definition) is 1. The number of aromatic nitrogens is 1. The van der Waals surface area contributed by atoms with E-state index in [4.69, 9.17) is 9.57 Å². The van der Waals surface area contributed by atoms with Gasteiger partial charge in [-0.15, -0.1) is 0 Å². The lowest BCUT2D eigenvalue weighted by molar-refractivity contribution is -0.220. The molecule has 6 heteroatoms. The maximum Gasteiger partial charge on any atom is 0.355 e. The van der Waals surface area contributed by atoms with Crippen LogP contribution in [0.25, 0.3) is 0 Å². The number of aromatic amines is 1. The van der Waals surface area contributed by atoms with Gasteiger partial charge in [0.2, 0.25) is 6.41 Å².